The van der Waals surface area contributed by atoms with Crippen LogP contribution in [0.4, 0.5) is 0 Å². The molecule has 17 atom stereocenters. The van der Waals surface area contributed by atoms with Crippen molar-refractivity contribution in [3.63, 3.8) is 0 Å². The molecule has 1 aliphatic heterocycles. The molecule has 15 N–H and O–H groups in total. The van der Waals surface area contributed by atoms with Gasteiger partial charge >= 0.3 is 5.97 Å². The van der Waals surface area contributed by atoms with E-state index in [9.17, 15) is 67.7 Å². The topological polar surface area (TPSA) is 413 Å². The Balaban J connectivity index is 1.51. The van der Waals surface area contributed by atoms with Crippen LogP contribution < -0.4 is 64.2 Å². The van der Waals surface area contributed by atoms with Gasteiger partial charge in [0.25, 0.3) is 0 Å². The summed E-state index contributed by atoms with van der Waals surface area (Å²) in [5, 5.41) is 52.6. The molecule has 2 fully saturated rings. The molecule has 0 radical (unpaired) electrons. The highest BCUT2D eigenvalue weighted by molar-refractivity contribution is 7.17. The summed E-state index contributed by atoms with van der Waals surface area (Å²) in [6.45, 7) is 18.0. The zero-order valence-corrected chi connectivity index (χ0v) is 53.0. The van der Waals surface area contributed by atoms with Crippen LogP contribution in [0, 0.1) is 29.6 Å². The van der Waals surface area contributed by atoms with Crippen molar-refractivity contribution in [1.82, 2.24) is 58.5 Å². The molecule has 488 valence electrons. The molecule has 1 saturated carbocycles. The van der Waals surface area contributed by atoms with Gasteiger partial charge in [-0.2, -0.15) is 0 Å². The molecule has 2 aliphatic rings. The lowest BCUT2D eigenvalue weighted by molar-refractivity contribution is -0.157. The number of nitrogens with two attached hydrogens (primary N) is 1. The molecular weight excluding hydrogens is 1160 g/mol. The van der Waals surface area contributed by atoms with E-state index in [4.69, 9.17) is 10.5 Å². The molecule has 4 rings (SSSR count). The first kappa shape index (κ1) is 72.9. The van der Waals surface area contributed by atoms with E-state index < -0.39 is 199 Å². The molecule has 1 aliphatic carbocycles. The summed E-state index contributed by atoms with van der Waals surface area (Å²) >= 11 is 1.54. The highest BCUT2D eigenvalue weighted by Gasteiger charge is 2.61. The second kappa shape index (κ2) is 33.7. The predicted molar refractivity (Wildman–Crippen MR) is 327 cm³/mol. The molecule has 1 saturated heterocycles. The second-order valence-electron chi connectivity index (χ2n) is 23.2. The molecule has 11 amide bonds. The number of likely N-dealkylation sites (N-methyl/N-ethyl adjacent to an activating group) is 1. The van der Waals surface area contributed by atoms with Crippen LogP contribution in [0.1, 0.15) is 120 Å². The fourth-order valence-electron chi connectivity index (χ4n) is 9.98. The number of ether oxygens (including phenoxy) is 1. The Kier molecular flexibility index (Phi) is 27.9. The Morgan fingerprint density at radius 2 is 1.20 bits per heavy atom. The van der Waals surface area contributed by atoms with Crippen LogP contribution in [0.2, 0.25) is 0 Å². The largest absolute Gasteiger partial charge is 0.458 e. The Morgan fingerprint density at radius 3 is 1.70 bits per heavy atom. The lowest BCUT2D eigenvalue weighted by Crippen LogP contribution is -2.63. The van der Waals surface area contributed by atoms with Gasteiger partial charge in [0.1, 0.15) is 66.0 Å². The van der Waals surface area contributed by atoms with E-state index in [1.165, 1.54) is 31.3 Å². The van der Waals surface area contributed by atoms with E-state index in [1.807, 2.05) is 29.6 Å². The summed E-state index contributed by atoms with van der Waals surface area (Å²) in [6, 6.07) is -6.47. The van der Waals surface area contributed by atoms with Gasteiger partial charge < -0.3 is 79.2 Å². The van der Waals surface area contributed by atoms with Gasteiger partial charge in [0, 0.05) is 17.0 Å². The molecule has 2 aromatic rings. The number of hydrogen-bond acceptors (Lipinski definition) is 17. The molecule has 0 bridgehead atoms. The van der Waals surface area contributed by atoms with Crippen molar-refractivity contribution >= 4 is 92.4 Å². The third kappa shape index (κ3) is 19.0. The van der Waals surface area contributed by atoms with Crippen molar-refractivity contribution < 1.29 is 72.5 Å². The number of amides is 11. The average molecular weight is 1250 g/mol. The lowest BCUT2D eigenvalue weighted by atomic mass is 9.94. The van der Waals surface area contributed by atoms with Crippen LogP contribution in [0.25, 0.3) is 10.1 Å². The first-order chi connectivity index (χ1) is 41.6. The van der Waals surface area contributed by atoms with E-state index in [-0.39, 0.29) is 19.3 Å². The van der Waals surface area contributed by atoms with Gasteiger partial charge in [0.05, 0.1) is 19.3 Å². The van der Waals surface area contributed by atoms with Crippen LogP contribution in [0.15, 0.2) is 42.3 Å². The van der Waals surface area contributed by atoms with E-state index in [0.717, 1.165) is 15.6 Å². The van der Waals surface area contributed by atoms with E-state index in [0.29, 0.717) is 19.3 Å². The minimum Gasteiger partial charge on any atom is -0.458 e. The Labute approximate surface area is 517 Å². The number of cyclic esters (lactones) is 1. The quantitative estimate of drug-likeness (QED) is 0.0313. The van der Waals surface area contributed by atoms with Crippen molar-refractivity contribution in [2.45, 2.75) is 193 Å². The van der Waals surface area contributed by atoms with E-state index in [1.54, 1.807) is 62.4 Å². The molecule has 0 unspecified atom stereocenters. The number of aliphatic hydroxyl groups is 2. The second-order valence-corrected chi connectivity index (χ2v) is 24.1. The maximum Gasteiger partial charge on any atom is 0.329 e. The number of aliphatic hydroxyl groups excluding tert-OH is 2. The number of esters is 1. The summed E-state index contributed by atoms with van der Waals surface area (Å²) in [4.78, 5) is 166. The number of fused-ring (bicyclic) bond motifs is 1. The number of rotatable bonds is 31. The summed E-state index contributed by atoms with van der Waals surface area (Å²) < 4.78 is 6.77. The van der Waals surface area contributed by atoms with Gasteiger partial charge in [-0.25, -0.2) is 4.79 Å². The van der Waals surface area contributed by atoms with Crippen molar-refractivity contribution in [3.8, 4) is 0 Å². The van der Waals surface area contributed by atoms with Crippen LogP contribution in [-0.2, 0) is 68.7 Å². The molecule has 27 nitrogen and oxygen atoms in total. The number of thiophene rings is 1. The van der Waals surface area contributed by atoms with Gasteiger partial charge in [0.15, 0.2) is 0 Å². The van der Waals surface area contributed by atoms with Crippen LogP contribution >= 0.6 is 11.3 Å². The van der Waals surface area contributed by atoms with Gasteiger partial charge in [0.2, 0.25) is 65.0 Å². The minimum atomic E-state index is -1.81. The van der Waals surface area contributed by atoms with Crippen molar-refractivity contribution in [2.24, 2.45) is 35.3 Å². The molecule has 1 spiro atoms. The number of benzene rings is 1. The van der Waals surface area contributed by atoms with Crippen molar-refractivity contribution in [2.75, 3.05) is 20.3 Å². The highest BCUT2D eigenvalue weighted by atomic mass is 32.1. The number of primary amides is 1. The lowest BCUT2D eigenvalue weighted by Gasteiger charge is -2.31. The monoisotopic (exact) mass is 1250 g/mol. The smallest absolute Gasteiger partial charge is 0.329 e. The van der Waals surface area contributed by atoms with E-state index in [2.05, 4.69) is 65.1 Å². The van der Waals surface area contributed by atoms with Crippen LogP contribution in [-0.4, -0.2) is 173 Å². The predicted octanol–water partition coefficient (Wildman–Crippen LogP) is -1.14. The Morgan fingerprint density at radius 1 is 0.705 bits per heavy atom. The first-order valence-corrected chi connectivity index (χ1v) is 31.0. The third-order valence-electron chi connectivity index (χ3n) is 16.9. The number of carbonyl (C=O) groups excluding carboxylic acids is 12. The van der Waals surface area contributed by atoms with Crippen molar-refractivity contribution in [3.05, 3.63) is 47.9 Å². The average Bonchev–Trinajstić information content (AvgIpc) is 3.32. The molecule has 1 aromatic carbocycles. The van der Waals surface area contributed by atoms with Gasteiger partial charge in [-0.1, -0.05) is 105 Å². The third-order valence-corrected chi connectivity index (χ3v) is 17.9. The van der Waals surface area contributed by atoms with Gasteiger partial charge in [-0.05, 0) is 86.2 Å². The normalized spacial score (nSPS) is 23.4. The molecule has 88 heavy (non-hydrogen) atoms. The SMILES string of the molecule is C=C[C@H]1C[C@]12NC(=O)[C@H](C)NC(=O)[C@H](NC(=O)[C@H](CO)NC(=O)[C@@H](NC(=O)[C@H](NC(=O)[C@@H](CCC(N)=O)NC(=O)[C@H](CO)NC(=O)[C@@H](NC(=O)[C@@H](Cc1csc3ccccc13)NC)[C@@H](C)CC)[C@@H](C)CC)[C@@H](C)CC)[C@H](C)OC(=O)[C@H]([C@@H](C)CC)NC2=O. The summed E-state index contributed by atoms with van der Waals surface area (Å²) in [5.74, 6) is -13.4. The molecule has 1 aromatic heterocycles. The van der Waals surface area contributed by atoms with Gasteiger partial charge in [-0.3, -0.25) is 52.7 Å². The number of hydrogen-bond donors (Lipinski definition) is 14. The Bertz CT molecular complexity index is 2850. The minimum absolute atomic E-state index is 0.176. The van der Waals surface area contributed by atoms with Crippen LogP contribution in [0.5, 0.6) is 0 Å². The molecule has 2 heterocycles. The fourth-order valence-corrected chi connectivity index (χ4v) is 11.0. The highest BCUT2D eigenvalue weighted by Crippen LogP contribution is 2.45. The summed E-state index contributed by atoms with van der Waals surface area (Å²) in [5.41, 5.74) is 4.94. The summed E-state index contributed by atoms with van der Waals surface area (Å²) in [7, 11) is 1.62. The Hall–Kier alpha value is -7.56. The molecule has 28 heteroatoms. The molecular formula is C60H92N12O15S. The maximum atomic E-state index is 14.4. The summed E-state index contributed by atoms with van der Waals surface area (Å²) in [6.07, 6.45) is 0.999. The number of carbonyl (C=O) groups is 12. The standard InChI is InChI=1S/C60H92N12O15S/c1-13-29(6)44(68-51(78)39(62-12)24-35-28-88-42-21-19-18-20-37(35)42)54(81)65-40(26-73)52(79)64-38(22-23-43(61)75)50(77)67-46(31(8)15-3)56(83)69-45(30(7)14-2)55(82)66-41(27-74)53(80)70-48-34(11)87-58(85)47(32(9)16-4)71-59(86)60(25-36(60)17-5)72-49(76)33(10)63-57(48)84/h17-21,28-34,36,38-41,44-48,62,73-74H,5,13-16,22-27H2,1-4,6-12H3,(H2,61,75)(H,63,84)(H,64,79)(H,65,81)(H,66,82)(H,67,77)(H,68,78)(H,69,83)(H,70,80)(H,71,86)(H,72,76)/t29-,30-,31-,32-,33-,34-,36-,38+,39+,40-,41-,44-,45-,46+,47-,48+,60-/m0/s1. The van der Waals surface area contributed by atoms with Crippen molar-refractivity contribution in [1.29, 1.82) is 0 Å². The van der Waals surface area contributed by atoms with Gasteiger partial charge in [-0.15, -0.1) is 17.9 Å². The first-order valence-electron chi connectivity index (χ1n) is 30.1. The van der Waals surface area contributed by atoms with Crippen LogP contribution in [0.3, 0.4) is 0 Å². The number of nitrogens with one attached hydrogen (secondary N) is 11. The zero-order chi connectivity index (χ0) is 65.9. The fraction of sp³-hybridized carbons (Fsp3) is 0.633. The maximum absolute atomic E-state index is 14.4. The zero-order valence-electron chi connectivity index (χ0n) is 52.2. The van der Waals surface area contributed by atoms with E-state index >= 15 is 0 Å².